The number of methoxy groups -OCH3 is 1. The molecule has 0 unspecified atom stereocenters. The van der Waals surface area contributed by atoms with Crippen LogP contribution in [-0.2, 0) is 16.1 Å². The van der Waals surface area contributed by atoms with Crippen LogP contribution in [0.25, 0.3) is 0 Å². The van der Waals surface area contributed by atoms with Gasteiger partial charge in [0.25, 0.3) is 0 Å². The smallest absolute Gasteiger partial charge is 0.222 e. The van der Waals surface area contributed by atoms with Crippen molar-refractivity contribution in [3.05, 3.63) is 24.3 Å². The second-order valence-corrected chi connectivity index (χ2v) is 5.95. The molecule has 0 spiro atoms. The fourth-order valence-electron chi connectivity index (χ4n) is 2.69. The van der Waals surface area contributed by atoms with E-state index >= 15 is 0 Å². The largest absolute Gasteiger partial charge is 0.382 e. The predicted molar refractivity (Wildman–Crippen MR) is 84.2 cm³/mol. The Bertz CT molecular complexity index is 468. The van der Waals surface area contributed by atoms with E-state index in [0.29, 0.717) is 19.0 Å². The minimum absolute atomic E-state index is 0.139. The number of nitrogens with zero attached hydrogens (tertiary/aromatic N) is 4. The van der Waals surface area contributed by atoms with Gasteiger partial charge in [-0.15, -0.1) is 0 Å². The first-order chi connectivity index (χ1) is 10.6. The molecule has 6 heteroatoms. The van der Waals surface area contributed by atoms with Crippen molar-refractivity contribution >= 4 is 5.91 Å². The van der Waals surface area contributed by atoms with Gasteiger partial charge in [-0.3, -0.25) is 9.69 Å². The highest BCUT2D eigenvalue weighted by atomic mass is 16.5. The zero-order valence-electron chi connectivity index (χ0n) is 13.7. The molecular formula is C16H26N4O2. The Labute approximate surface area is 132 Å². The van der Waals surface area contributed by atoms with Crippen LogP contribution < -0.4 is 0 Å². The number of rotatable bonds is 7. The number of hydrogen-bond donors (Lipinski definition) is 0. The third-order valence-electron chi connectivity index (χ3n) is 4.32. The summed E-state index contributed by atoms with van der Waals surface area (Å²) in [5.74, 6) is 1.06. The van der Waals surface area contributed by atoms with Gasteiger partial charge >= 0.3 is 0 Å². The summed E-state index contributed by atoms with van der Waals surface area (Å²) >= 11 is 0. The number of aromatic nitrogens is 2. The Morgan fingerprint density at radius 3 is 2.91 bits per heavy atom. The highest BCUT2D eigenvalue weighted by molar-refractivity contribution is 5.76. The SMILES string of the molecule is CO[C@H](C)CCC(=O)N1CC[C@@H](N(C)Cc2ncccn2)C1. The molecule has 0 saturated carbocycles. The Kier molecular flexibility index (Phi) is 6.27. The lowest BCUT2D eigenvalue weighted by Gasteiger charge is -2.24. The molecule has 1 saturated heterocycles. The van der Waals surface area contributed by atoms with Crippen molar-refractivity contribution in [2.75, 3.05) is 27.2 Å². The van der Waals surface area contributed by atoms with E-state index in [2.05, 4.69) is 21.9 Å². The molecule has 1 aliphatic rings. The van der Waals surface area contributed by atoms with Gasteiger partial charge in [0.15, 0.2) is 0 Å². The lowest BCUT2D eigenvalue weighted by Crippen LogP contribution is -2.36. The van der Waals surface area contributed by atoms with E-state index < -0.39 is 0 Å². The molecule has 2 heterocycles. The van der Waals surface area contributed by atoms with Crippen LogP contribution in [0.4, 0.5) is 0 Å². The second-order valence-electron chi connectivity index (χ2n) is 5.95. The maximum atomic E-state index is 12.2. The molecule has 6 nitrogen and oxygen atoms in total. The van der Waals surface area contributed by atoms with Crippen LogP contribution in [0.2, 0.25) is 0 Å². The summed E-state index contributed by atoms with van der Waals surface area (Å²) in [7, 11) is 3.75. The summed E-state index contributed by atoms with van der Waals surface area (Å²) in [6.45, 7) is 4.34. The summed E-state index contributed by atoms with van der Waals surface area (Å²) < 4.78 is 5.20. The standard InChI is InChI=1S/C16H26N4O2/c1-13(22-3)5-6-16(21)20-10-7-14(11-20)19(2)12-15-17-8-4-9-18-15/h4,8-9,13-14H,5-7,10-12H2,1-3H3/t13-,14-/m1/s1. The molecule has 1 aromatic heterocycles. The van der Waals surface area contributed by atoms with E-state index in [0.717, 1.165) is 31.8 Å². The summed E-state index contributed by atoms with van der Waals surface area (Å²) in [5, 5.41) is 0. The third kappa shape index (κ3) is 4.74. The molecular weight excluding hydrogens is 280 g/mol. The van der Waals surface area contributed by atoms with Gasteiger partial charge < -0.3 is 9.64 Å². The topological polar surface area (TPSA) is 58.6 Å². The highest BCUT2D eigenvalue weighted by Crippen LogP contribution is 2.17. The molecule has 0 radical (unpaired) electrons. The van der Waals surface area contributed by atoms with E-state index in [1.807, 2.05) is 17.9 Å². The van der Waals surface area contributed by atoms with Crippen molar-refractivity contribution in [3.8, 4) is 0 Å². The summed E-state index contributed by atoms with van der Waals surface area (Å²) in [6.07, 6.45) is 6.02. The van der Waals surface area contributed by atoms with E-state index in [-0.39, 0.29) is 12.0 Å². The monoisotopic (exact) mass is 306 g/mol. The zero-order valence-corrected chi connectivity index (χ0v) is 13.7. The number of likely N-dealkylation sites (N-methyl/N-ethyl adjacent to an activating group) is 1. The van der Waals surface area contributed by atoms with E-state index in [9.17, 15) is 4.79 Å². The molecule has 122 valence electrons. The molecule has 1 aromatic rings. The average Bonchev–Trinajstić information content (AvgIpc) is 3.03. The van der Waals surface area contributed by atoms with Crippen molar-refractivity contribution in [2.24, 2.45) is 0 Å². The van der Waals surface area contributed by atoms with Crippen molar-refractivity contribution in [1.29, 1.82) is 0 Å². The van der Waals surface area contributed by atoms with Gasteiger partial charge in [0.05, 0.1) is 12.6 Å². The van der Waals surface area contributed by atoms with Gasteiger partial charge in [-0.2, -0.15) is 0 Å². The quantitative estimate of drug-likeness (QED) is 0.760. The summed E-state index contributed by atoms with van der Waals surface area (Å²) in [6, 6.07) is 2.20. The first-order valence-corrected chi connectivity index (χ1v) is 7.87. The van der Waals surface area contributed by atoms with Gasteiger partial charge in [-0.1, -0.05) is 0 Å². The number of hydrogen-bond acceptors (Lipinski definition) is 5. The Morgan fingerprint density at radius 1 is 1.50 bits per heavy atom. The van der Waals surface area contributed by atoms with Crippen LogP contribution in [0.1, 0.15) is 32.0 Å². The first-order valence-electron chi connectivity index (χ1n) is 7.87. The van der Waals surface area contributed by atoms with Crippen LogP contribution in [0.3, 0.4) is 0 Å². The van der Waals surface area contributed by atoms with Crippen LogP contribution in [0.5, 0.6) is 0 Å². The number of amides is 1. The molecule has 0 N–H and O–H groups in total. The van der Waals surface area contributed by atoms with E-state index in [1.165, 1.54) is 0 Å². The average molecular weight is 306 g/mol. The normalized spacial score (nSPS) is 19.6. The Morgan fingerprint density at radius 2 is 2.23 bits per heavy atom. The van der Waals surface area contributed by atoms with Crippen molar-refractivity contribution in [2.45, 2.75) is 44.9 Å². The summed E-state index contributed by atoms with van der Waals surface area (Å²) in [5.41, 5.74) is 0. The minimum atomic E-state index is 0.139. The number of ether oxygens (including phenoxy) is 1. The van der Waals surface area contributed by atoms with Crippen LogP contribution in [-0.4, -0.2) is 65.1 Å². The molecule has 0 aromatic carbocycles. The molecule has 1 fully saturated rings. The molecule has 0 aliphatic carbocycles. The number of carbonyl (C=O) groups excluding carboxylic acids is 1. The first kappa shape index (κ1) is 16.8. The Balaban J connectivity index is 1.78. The third-order valence-corrected chi connectivity index (χ3v) is 4.32. The maximum absolute atomic E-state index is 12.2. The van der Waals surface area contributed by atoms with Gasteiger partial charge in [-0.25, -0.2) is 9.97 Å². The minimum Gasteiger partial charge on any atom is -0.382 e. The fraction of sp³-hybridized carbons (Fsp3) is 0.688. The lowest BCUT2D eigenvalue weighted by molar-refractivity contribution is -0.131. The molecule has 1 aliphatic heterocycles. The molecule has 1 amide bonds. The van der Waals surface area contributed by atoms with Gasteiger partial charge in [-0.05, 0) is 32.9 Å². The van der Waals surface area contributed by atoms with Crippen molar-refractivity contribution < 1.29 is 9.53 Å². The molecule has 22 heavy (non-hydrogen) atoms. The fourth-order valence-corrected chi connectivity index (χ4v) is 2.69. The Hall–Kier alpha value is -1.53. The van der Waals surface area contributed by atoms with E-state index in [4.69, 9.17) is 4.74 Å². The van der Waals surface area contributed by atoms with Gasteiger partial charge in [0, 0.05) is 45.1 Å². The second kappa shape index (κ2) is 8.19. The zero-order chi connectivity index (χ0) is 15.9. The van der Waals surface area contributed by atoms with Gasteiger partial charge in [0.2, 0.25) is 5.91 Å². The summed E-state index contributed by atoms with van der Waals surface area (Å²) in [4.78, 5) is 24.9. The lowest BCUT2D eigenvalue weighted by atomic mass is 10.2. The van der Waals surface area contributed by atoms with Crippen molar-refractivity contribution in [1.82, 2.24) is 19.8 Å². The van der Waals surface area contributed by atoms with Crippen LogP contribution >= 0.6 is 0 Å². The maximum Gasteiger partial charge on any atom is 0.222 e. The molecule has 0 bridgehead atoms. The number of carbonyl (C=O) groups is 1. The molecule has 2 rings (SSSR count). The number of likely N-dealkylation sites (tertiary alicyclic amines) is 1. The van der Waals surface area contributed by atoms with Crippen LogP contribution in [0.15, 0.2) is 18.5 Å². The van der Waals surface area contributed by atoms with Crippen LogP contribution in [0, 0.1) is 0 Å². The predicted octanol–water partition coefficient (Wildman–Crippen LogP) is 1.32. The van der Waals surface area contributed by atoms with Gasteiger partial charge in [0.1, 0.15) is 5.82 Å². The van der Waals surface area contributed by atoms with E-state index in [1.54, 1.807) is 19.5 Å². The molecule has 2 atom stereocenters. The van der Waals surface area contributed by atoms with Crippen molar-refractivity contribution in [3.63, 3.8) is 0 Å². The highest BCUT2D eigenvalue weighted by Gasteiger charge is 2.28.